The first kappa shape index (κ1) is 15.1. The third-order valence-electron chi connectivity index (χ3n) is 2.29. The summed E-state index contributed by atoms with van der Waals surface area (Å²) in [5.41, 5.74) is -0.216. The van der Waals surface area contributed by atoms with Crippen molar-refractivity contribution in [3.05, 3.63) is 11.9 Å². The second-order valence-corrected chi connectivity index (χ2v) is 5.59. The van der Waals surface area contributed by atoms with Gasteiger partial charge in [0.05, 0.1) is 18.8 Å². The number of hydrogen-bond acceptors (Lipinski definition) is 6. The molecule has 0 fully saturated rings. The fraction of sp³-hybridized carbons (Fsp3) is 0.556. The van der Waals surface area contributed by atoms with Crippen molar-refractivity contribution >= 4 is 16.0 Å². The topological polar surface area (TPSA) is 138 Å². The van der Waals surface area contributed by atoms with Crippen molar-refractivity contribution in [2.45, 2.75) is 25.1 Å². The van der Waals surface area contributed by atoms with Crippen molar-refractivity contribution in [1.82, 2.24) is 19.7 Å². The first-order valence-corrected chi connectivity index (χ1v) is 6.97. The number of aromatic nitrogens is 3. The largest absolute Gasteiger partial charge is 0.476 e. The fourth-order valence-electron chi connectivity index (χ4n) is 1.29. The maximum Gasteiger partial charge on any atom is 0.358 e. The number of carbonyl (C=O) groups is 1. The molecule has 1 atom stereocenters. The molecule has 0 aliphatic heterocycles. The van der Waals surface area contributed by atoms with Crippen LogP contribution in [0.2, 0.25) is 0 Å². The van der Waals surface area contributed by atoms with Crippen molar-refractivity contribution in [2.75, 3.05) is 6.54 Å². The van der Waals surface area contributed by atoms with Crippen LogP contribution in [0.5, 0.6) is 0 Å². The molecule has 0 saturated heterocycles. The van der Waals surface area contributed by atoms with E-state index in [4.69, 9.17) is 10.4 Å². The number of nitriles is 1. The normalized spacial score (nSPS) is 12.8. The summed E-state index contributed by atoms with van der Waals surface area (Å²) in [6, 6.07) is 1.70. The van der Waals surface area contributed by atoms with Crippen LogP contribution in [0.4, 0.5) is 0 Å². The molecule has 1 aromatic heterocycles. The van der Waals surface area contributed by atoms with Gasteiger partial charge < -0.3 is 5.11 Å². The Morgan fingerprint density at radius 3 is 2.84 bits per heavy atom. The van der Waals surface area contributed by atoms with Gasteiger partial charge in [-0.2, -0.15) is 5.26 Å². The van der Waals surface area contributed by atoms with Gasteiger partial charge in [0, 0.05) is 6.54 Å². The summed E-state index contributed by atoms with van der Waals surface area (Å²) >= 11 is 0. The molecule has 0 aromatic carbocycles. The number of rotatable bonds is 7. The maximum atomic E-state index is 11.6. The third kappa shape index (κ3) is 4.01. The molecule has 0 saturated carbocycles. The van der Waals surface area contributed by atoms with Crippen LogP contribution in [0.3, 0.4) is 0 Å². The van der Waals surface area contributed by atoms with Gasteiger partial charge in [-0.1, -0.05) is 12.1 Å². The molecule has 1 heterocycles. The lowest BCUT2D eigenvalue weighted by molar-refractivity contribution is 0.0690. The van der Waals surface area contributed by atoms with Crippen molar-refractivity contribution < 1.29 is 18.3 Å². The maximum absolute atomic E-state index is 11.6. The molecule has 0 spiro atoms. The number of sulfonamides is 1. The summed E-state index contributed by atoms with van der Waals surface area (Å²) in [6.45, 7) is 1.73. The van der Waals surface area contributed by atoms with E-state index in [1.807, 2.05) is 0 Å². The molecule has 2 N–H and O–H groups in total. The highest BCUT2D eigenvalue weighted by molar-refractivity contribution is 7.90. The fourth-order valence-corrected chi connectivity index (χ4v) is 2.44. The minimum absolute atomic E-state index is 0.00291. The first-order valence-electron chi connectivity index (χ1n) is 5.42. The molecule has 19 heavy (non-hydrogen) atoms. The van der Waals surface area contributed by atoms with Gasteiger partial charge in [0.15, 0.2) is 10.9 Å². The van der Waals surface area contributed by atoms with Crippen LogP contribution in [0.25, 0.3) is 0 Å². The molecule has 1 rings (SSSR count). The highest BCUT2D eigenvalue weighted by Crippen LogP contribution is 2.02. The Morgan fingerprint density at radius 2 is 2.37 bits per heavy atom. The van der Waals surface area contributed by atoms with Gasteiger partial charge in [-0.15, -0.1) is 5.10 Å². The van der Waals surface area contributed by atoms with Gasteiger partial charge in [-0.3, -0.25) is 4.68 Å². The number of carboxylic acids is 1. The number of hydrogen-bond donors (Lipinski definition) is 2. The average molecular weight is 287 g/mol. The zero-order valence-electron chi connectivity index (χ0n) is 10.1. The Bertz CT molecular complexity index is 588. The van der Waals surface area contributed by atoms with E-state index >= 15 is 0 Å². The predicted octanol–water partition coefficient (Wildman–Crippen LogP) is -0.802. The van der Waals surface area contributed by atoms with Crippen LogP contribution < -0.4 is 4.72 Å². The smallest absolute Gasteiger partial charge is 0.358 e. The highest BCUT2D eigenvalue weighted by Gasteiger charge is 2.22. The molecule has 0 bridgehead atoms. The van der Waals surface area contributed by atoms with E-state index in [2.05, 4.69) is 15.0 Å². The van der Waals surface area contributed by atoms with Crippen molar-refractivity contribution in [1.29, 1.82) is 5.26 Å². The third-order valence-corrected chi connectivity index (χ3v) is 4.09. The van der Waals surface area contributed by atoms with Gasteiger partial charge >= 0.3 is 5.97 Å². The molecule has 0 amide bonds. The van der Waals surface area contributed by atoms with Crippen LogP contribution >= 0.6 is 0 Å². The summed E-state index contributed by atoms with van der Waals surface area (Å²) in [5, 5.41) is 23.1. The van der Waals surface area contributed by atoms with Crippen LogP contribution in [0.1, 0.15) is 23.8 Å². The van der Waals surface area contributed by atoms with E-state index in [0.717, 1.165) is 0 Å². The highest BCUT2D eigenvalue weighted by atomic mass is 32.2. The molecule has 9 nitrogen and oxygen atoms in total. The molecule has 0 aliphatic rings. The quantitative estimate of drug-likeness (QED) is 0.669. The number of nitrogens with one attached hydrogen (secondary N) is 1. The first-order chi connectivity index (χ1) is 8.90. The van der Waals surface area contributed by atoms with E-state index in [0.29, 0.717) is 0 Å². The zero-order chi connectivity index (χ0) is 14.5. The van der Waals surface area contributed by atoms with E-state index in [1.54, 1.807) is 13.0 Å². The van der Waals surface area contributed by atoms with Crippen LogP contribution in [-0.4, -0.2) is 46.3 Å². The van der Waals surface area contributed by atoms with Gasteiger partial charge in [0.1, 0.15) is 0 Å². The lowest BCUT2D eigenvalue weighted by Crippen LogP contribution is -2.35. The van der Waals surface area contributed by atoms with Crippen molar-refractivity contribution in [2.24, 2.45) is 0 Å². The van der Waals surface area contributed by atoms with Gasteiger partial charge in [-0.05, 0) is 6.42 Å². The van der Waals surface area contributed by atoms with Crippen LogP contribution in [-0.2, 0) is 16.6 Å². The average Bonchev–Trinajstić information content (AvgIpc) is 2.78. The van der Waals surface area contributed by atoms with E-state index in [9.17, 15) is 13.2 Å². The molecule has 104 valence electrons. The van der Waals surface area contributed by atoms with Crippen molar-refractivity contribution in [3.8, 4) is 6.07 Å². The summed E-state index contributed by atoms with van der Waals surface area (Å²) < 4.78 is 26.7. The molecule has 10 heteroatoms. The minimum atomic E-state index is -3.69. The molecule has 1 unspecified atom stereocenters. The lowest BCUT2D eigenvalue weighted by atomic mass is 10.4. The summed E-state index contributed by atoms with van der Waals surface area (Å²) in [4.78, 5) is 10.6. The number of carboxylic acid groups (broad SMARTS) is 1. The second kappa shape index (κ2) is 6.26. The molecule has 1 aromatic rings. The standard InChI is InChI=1S/C9H13N5O4S/c1-2-7(5-10)19(17,18)11-3-4-14-6-8(9(15)16)12-13-14/h6-7,11H,2-4H2,1H3,(H,15,16). The molecular weight excluding hydrogens is 274 g/mol. The summed E-state index contributed by atoms with van der Waals surface area (Å²) in [6.07, 6.45) is 1.39. The minimum Gasteiger partial charge on any atom is -0.476 e. The van der Waals surface area contributed by atoms with Gasteiger partial charge in [0.2, 0.25) is 10.0 Å². The Balaban J connectivity index is 2.54. The van der Waals surface area contributed by atoms with Gasteiger partial charge in [0.25, 0.3) is 0 Å². The monoisotopic (exact) mass is 287 g/mol. The molecule has 0 radical (unpaired) electrons. The Labute approximate surface area is 109 Å². The molecular formula is C9H13N5O4S. The molecule has 0 aliphatic carbocycles. The Kier molecular flexibility index (Phi) is 4.96. The van der Waals surface area contributed by atoms with Crippen molar-refractivity contribution in [3.63, 3.8) is 0 Å². The summed E-state index contributed by atoms with van der Waals surface area (Å²) in [5.74, 6) is -1.21. The van der Waals surface area contributed by atoms with Gasteiger partial charge in [-0.25, -0.2) is 17.9 Å². The SMILES string of the molecule is CCC(C#N)S(=O)(=O)NCCn1cc(C(=O)O)nn1. The Hall–Kier alpha value is -1.99. The van der Waals surface area contributed by atoms with E-state index in [-0.39, 0.29) is 25.2 Å². The predicted molar refractivity (Wildman–Crippen MR) is 63.6 cm³/mol. The van der Waals surface area contributed by atoms with E-state index < -0.39 is 21.2 Å². The Morgan fingerprint density at radius 1 is 1.68 bits per heavy atom. The second-order valence-electron chi connectivity index (χ2n) is 3.64. The van der Waals surface area contributed by atoms with E-state index in [1.165, 1.54) is 10.9 Å². The zero-order valence-corrected chi connectivity index (χ0v) is 11.0. The van der Waals surface area contributed by atoms with Crippen LogP contribution in [0.15, 0.2) is 6.20 Å². The number of aromatic carboxylic acids is 1. The van der Waals surface area contributed by atoms with Crippen LogP contribution in [0, 0.1) is 11.3 Å². The summed E-state index contributed by atoms with van der Waals surface area (Å²) in [7, 11) is -3.69. The lowest BCUT2D eigenvalue weighted by Gasteiger charge is -2.09. The number of nitrogens with zero attached hydrogens (tertiary/aromatic N) is 4.